The standard InChI is InChI=1S/C11H17N/c1-9-5-3-7-11-10(9)6-4-8-12(11)2/h4,6,10-11H,1,3,5,7-8H2,2H3. The second-order valence-electron chi connectivity index (χ2n) is 4.01. The molecule has 2 unspecified atom stereocenters. The van der Waals surface area contributed by atoms with E-state index in [1.807, 2.05) is 0 Å². The van der Waals surface area contributed by atoms with E-state index in [4.69, 9.17) is 0 Å². The second kappa shape index (κ2) is 3.06. The van der Waals surface area contributed by atoms with Gasteiger partial charge in [-0.25, -0.2) is 0 Å². The van der Waals surface area contributed by atoms with Crippen molar-refractivity contribution in [3.8, 4) is 0 Å². The van der Waals surface area contributed by atoms with E-state index < -0.39 is 0 Å². The van der Waals surface area contributed by atoms with Crippen LogP contribution in [-0.4, -0.2) is 24.5 Å². The highest BCUT2D eigenvalue weighted by Crippen LogP contribution is 2.34. The minimum Gasteiger partial charge on any atom is -0.299 e. The maximum Gasteiger partial charge on any atom is 0.0196 e. The van der Waals surface area contributed by atoms with Crippen LogP contribution in [0.1, 0.15) is 19.3 Å². The van der Waals surface area contributed by atoms with Gasteiger partial charge in [-0.2, -0.15) is 0 Å². The van der Waals surface area contributed by atoms with Gasteiger partial charge in [-0.05, 0) is 26.3 Å². The largest absolute Gasteiger partial charge is 0.299 e. The highest BCUT2D eigenvalue weighted by Gasteiger charge is 2.30. The zero-order valence-electron chi connectivity index (χ0n) is 7.79. The van der Waals surface area contributed by atoms with Crippen LogP contribution in [0, 0.1) is 5.92 Å². The van der Waals surface area contributed by atoms with E-state index in [0.717, 1.165) is 12.6 Å². The molecule has 66 valence electrons. The first kappa shape index (κ1) is 8.06. The van der Waals surface area contributed by atoms with Crippen LogP contribution in [0.2, 0.25) is 0 Å². The van der Waals surface area contributed by atoms with Crippen LogP contribution in [0.3, 0.4) is 0 Å². The molecule has 2 aliphatic rings. The van der Waals surface area contributed by atoms with Gasteiger partial charge in [0.05, 0.1) is 0 Å². The molecule has 0 aromatic rings. The summed E-state index contributed by atoms with van der Waals surface area (Å²) >= 11 is 0. The molecule has 0 N–H and O–H groups in total. The van der Waals surface area contributed by atoms with Gasteiger partial charge in [0, 0.05) is 18.5 Å². The maximum absolute atomic E-state index is 4.16. The average Bonchev–Trinajstić information content (AvgIpc) is 2.07. The Morgan fingerprint density at radius 2 is 2.42 bits per heavy atom. The fourth-order valence-corrected chi connectivity index (χ4v) is 2.42. The lowest BCUT2D eigenvalue weighted by atomic mass is 9.79. The summed E-state index contributed by atoms with van der Waals surface area (Å²) in [6, 6.07) is 0.747. The number of nitrogens with zero attached hydrogens (tertiary/aromatic N) is 1. The smallest absolute Gasteiger partial charge is 0.0196 e. The Morgan fingerprint density at radius 3 is 3.17 bits per heavy atom. The van der Waals surface area contributed by atoms with E-state index in [1.165, 1.54) is 24.8 Å². The van der Waals surface area contributed by atoms with E-state index in [2.05, 4.69) is 30.7 Å². The molecule has 1 heterocycles. The third-order valence-corrected chi connectivity index (χ3v) is 3.19. The van der Waals surface area contributed by atoms with Crippen molar-refractivity contribution in [2.75, 3.05) is 13.6 Å². The zero-order valence-corrected chi connectivity index (χ0v) is 7.79. The van der Waals surface area contributed by atoms with Crippen molar-refractivity contribution in [1.29, 1.82) is 0 Å². The summed E-state index contributed by atoms with van der Waals surface area (Å²) in [6.45, 7) is 5.27. The Morgan fingerprint density at radius 1 is 1.58 bits per heavy atom. The van der Waals surface area contributed by atoms with Gasteiger partial charge >= 0.3 is 0 Å². The third-order valence-electron chi connectivity index (χ3n) is 3.19. The van der Waals surface area contributed by atoms with Gasteiger partial charge in [-0.3, -0.25) is 4.90 Å². The van der Waals surface area contributed by atoms with Crippen molar-refractivity contribution in [3.05, 3.63) is 24.3 Å². The molecule has 1 saturated carbocycles. The molecule has 1 heteroatoms. The van der Waals surface area contributed by atoms with Gasteiger partial charge in [0.2, 0.25) is 0 Å². The fraction of sp³-hybridized carbons (Fsp3) is 0.636. The molecule has 1 nitrogen and oxygen atoms in total. The SMILES string of the molecule is C=C1CCCC2C1C=CCN2C. The second-order valence-corrected chi connectivity index (χ2v) is 4.01. The Balaban J connectivity index is 2.20. The van der Waals surface area contributed by atoms with Crippen LogP contribution in [0.5, 0.6) is 0 Å². The van der Waals surface area contributed by atoms with Crippen molar-refractivity contribution < 1.29 is 0 Å². The summed E-state index contributed by atoms with van der Waals surface area (Å²) in [5.74, 6) is 0.650. The van der Waals surface area contributed by atoms with Crippen LogP contribution in [0.25, 0.3) is 0 Å². The Hall–Kier alpha value is -0.560. The van der Waals surface area contributed by atoms with E-state index >= 15 is 0 Å². The maximum atomic E-state index is 4.16. The van der Waals surface area contributed by atoms with E-state index in [0.29, 0.717) is 5.92 Å². The molecule has 2 atom stereocenters. The molecule has 0 aromatic heterocycles. The van der Waals surface area contributed by atoms with Gasteiger partial charge in [0.25, 0.3) is 0 Å². The number of rotatable bonds is 0. The number of hydrogen-bond acceptors (Lipinski definition) is 1. The summed E-state index contributed by atoms with van der Waals surface area (Å²) in [4.78, 5) is 2.45. The van der Waals surface area contributed by atoms with Crippen molar-refractivity contribution in [2.24, 2.45) is 5.92 Å². The molecule has 0 saturated heterocycles. The topological polar surface area (TPSA) is 3.24 Å². The first-order valence-electron chi connectivity index (χ1n) is 4.83. The quantitative estimate of drug-likeness (QED) is 0.495. The minimum absolute atomic E-state index is 0.650. The molecule has 0 amide bonds. The first-order chi connectivity index (χ1) is 5.79. The molecular weight excluding hydrogens is 146 g/mol. The molecule has 1 aliphatic heterocycles. The Labute approximate surface area is 74.8 Å². The number of fused-ring (bicyclic) bond motifs is 1. The van der Waals surface area contributed by atoms with Gasteiger partial charge in [-0.15, -0.1) is 0 Å². The molecular formula is C11H17N. The molecule has 0 aromatic carbocycles. The van der Waals surface area contributed by atoms with Crippen molar-refractivity contribution in [2.45, 2.75) is 25.3 Å². The van der Waals surface area contributed by atoms with Crippen LogP contribution in [0.4, 0.5) is 0 Å². The number of likely N-dealkylation sites (N-methyl/N-ethyl adjacent to an activating group) is 1. The minimum atomic E-state index is 0.650. The van der Waals surface area contributed by atoms with Gasteiger partial charge in [0.15, 0.2) is 0 Å². The summed E-state index contributed by atoms with van der Waals surface area (Å²) < 4.78 is 0. The van der Waals surface area contributed by atoms with Crippen molar-refractivity contribution >= 4 is 0 Å². The van der Waals surface area contributed by atoms with Crippen LogP contribution in [0.15, 0.2) is 24.3 Å². The van der Waals surface area contributed by atoms with E-state index in [-0.39, 0.29) is 0 Å². The summed E-state index contributed by atoms with van der Waals surface area (Å²) in [5.41, 5.74) is 1.44. The summed E-state index contributed by atoms with van der Waals surface area (Å²) in [5, 5.41) is 0. The highest BCUT2D eigenvalue weighted by atomic mass is 15.1. The third kappa shape index (κ3) is 1.22. The van der Waals surface area contributed by atoms with Crippen molar-refractivity contribution in [1.82, 2.24) is 4.90 Å². The predicted octanol–water partition coefficient (Wildman–Crippen LogP) is 2.21. The van der Waals surface area contributed by atoms with Gasteiger partial charge in [0.1, 0.15) is 0 Å². The molecule has 0 radical (unpaired) electrons. The lowest BCUT2D eigenvalue weighted by molar-refractivity contribution is 0.187. The zero-order chi connectivity index (χ0) is 8.55. The molecule has 1 fully saturated rings. The van der Waals surface area contributed by atoms with Crippen LogP contribution in [-0.2, 0) is 0 Å². The molecule has 12 heavy (non-hydrogen) atoms. The van der Waals surface area contributed by atoms with E-state index in [9.17, 15) is 0 Å². The highest BCUT2D eigenvalue weighted by molar-refractivity contribution is 5.19. The molecule has 0 spiro atoms. The molecule has 0 bridgehead atoms. The average molecular weight is 163 g/mol. The summed E-state index contributed by atoms with van der Waals surface area (Å²) in [6.07, 6.45) is 8.55. The lowest BCUT2D eigenvalue weighted by Crippen LogP contribution is -2.42. The lowest BCUT2D eigenvalue weighted by Gasteiger charge is -2.40. The van der Waals surface area contributed by atoms with Crippen LogP contribution >= 0.6 is 0 Å². The monoisotopic (exact) mass is 163 g/mol. The Bertz CT molecular complexity index is 217. The van der Waals surface area contributed by atoms with E-state index in [1.54, 1.807) is 0 Å². The normalized spacial score (nSPS) is 36.6. The van der Waals surface area contributed by atoms with Gasteiger partial charge in [-0.1, -0.05) is 24.3 Å². The summed E-state index contributed by atoms with van der Waals surface area (Å²) in [7, 11) is 2.22. The predicted molar refractivity (Wildman–Crippen MR) is 52.0 cm³/mol. The molecule has 1 aliphatic carbocycles. The Kier molecular flexibility index (Phi) is 2.05. The van der Waals surface area contributed by atoms with Gasteiger partial charge < -0.3 is 0 Å². The fourth-order valence-electron chi connectivity index (χ4n) is 2.42. The van der Waals surface area contributed by atoms with Crippen LogP contribution < -0.4 is 0 Å². The number of hydrogen-bond donors (Lipinski definition) is 0. The first-order valence-corrected chi connectivity index (χ1v) is 4.83. The molecule has 2 rings (SSSR count). The van der Waals surface area contributed by atoms with Crippen molar-refractivity contribution in [3.63, 3.8) is 0 Å².